The summed E-state index contributed by atoms with van der Waals surface area (Å²) in [5.41, 5.74) is 2.73. The molecule has 0 bridgehead atoms. The lowest BCUT2D eigenvalue weighted by Crippen LogP contribution is -2.20. The zero-order valence-electron chi connectivity index (χ0n) is 12.2. The molecule has 0 spiro atoms. The van der Waals surface area contributed by atoms with E-state index < -0.39 is 0 Å². The van der Waals surface area contributed by atoms with E-state index in [1.54, 1.807) is 11.3 Å². The van der Waals surface area contributed by atoms with Crippen molar-refractivity contribution in [2.24, 2.45) is 0 Å². The van der Waals surface area contributed by atoms with Crippen LogP contribution in [-0.2, 0) is 6.54 Å². The molecule has 0 saturated carbocycles. The highest BCUT2D eigenvalue weighted by atomic mass is 32.1. The Morgan fingerprint density at radius 3 is 2.80 bits per heavy atom. The molecular formula is C17H22N2S. The maximum absolute atomic E-state index is 4.75. The maximum atomic E-state index is 4.75. The summed E-state index contributed by atoms with van der Waals surface area (Å²) in [5, 5.41) is 3.49. The van der Waals surface area contributed by atoms with Crippen molar-refractivity contribution in [3.63, 3.8) is 0 Å². The molecule has 1 saturated heterocycles. The Kier molecular flexibility index (Phi) is 4.18. The predicted molar refractivity (Wildman–Crippen MR) is 85.3 cm³/mol. The molecule has 3 heteroatoms. The monoisotopic (exact) mass is 286 g/mol. The number of hydrogen-bond donors (Lipinski definition) is 0. The van der Waals surface area contributed by atoms with E-state index in [1.165, 1.54) is 35.8 Å². The summed E-state index contributed by atoms with van der Waals surface area (Å²) in [6.07, 6.45) is 1.27. The lowest BCUT2D eigenvalue weighted by atomic mass is 9.99. The SMILES string of the molecule is CC(C)c1nc(CN2CC[C@H](c3ccccc3)C2)cs1. The largest absolute Gasteiger partial charge is 0.297 e. The minimum atomic E-state index is 0.546. The molecule has 0 radical (unpaired) electrons. The van der Waals surface area contributed by atoms with E-state index in [0.717, 1.165) is 6.54 Å². The Morgan fingerprint density at radius 2 is 2.10 bits per heavy atom. The molecule has 0 N–H and O–H groups in total. The second kappa shape index (κ2) is 6.06. The summed E-state index contributed by atoms with van der Waals surface area (Å²) in [6, 6.07) is 10.9. The van der Waals surface area contributed by atoms with Gasteiger partial charge in [-0.2, -0.15) is 0 Å². The third kappa shape index (κ3) is 3.10. The number of aromatic nitrogens is 1. The molecular weight excluding hydrogens is 264 g/mol. The Hall–Kier alpha value is -1.19. The highest BCUT2D eigenvalue weighted by molar-refractivity contribution is 7.09. The quantitative estimate of drug-likeness (QED) is 0.835. The Bertz CT molecular complexity index is 547. The maximum Gasteiger partial charge on any atom is 0.0954 e. The Labute approximate surface area is 125 Å². The van der Waals surface area contributed by atoms with Gasteiger partial charge in [0.2, 0.25) is 0 Å². The van der Waals surface area contributed by atoms with Gasteiger partial charge in [0.05, 0.1) is 10.7 Å². The predicted octanol–water partition coefficient (Wildman–Crippen LogP) is 4.26. The second-order valence-electron chi connectivity index (χ2n) is 5.96. The summed E-state index contributed by atoms with van der Waals surface area (Å²) in [5.74, 6) is 1.24. The third-order valence-electron chi connectivity index (χ3n) is 3.99. The molecule has 1 aliphatic rings. The van der Waals surface area contributed by atoms with E-state index in [9.17, 15) is 0 Å². The average Bonchev–Trinajstić information content (AvgIpc) is 3.10. The van der Waals surface area contributed by atoms with Crippen LogP contribution in [0.25, 0.3) is 0 Å². The summed E-state index contributed by atoms with van der Waals surface area (Å²) in [7, 11) is 0. The van der Waals surface area contributed by atoms with Crippen LogP contribution < -0.4 is 0 Å². The van der Waals surface area contributed by atoms with Crippen molar-refractivity contribution >= 4 is 11.3 Å². The van der Waals surface area contributed by atoms with Crippen LogP contribution in [0, 0.1) is 0 Å². The van der Waals surface area contributed by atoms with Gasteiger partial charge in [-0.1, -0.05) is 44.2 Å². The van der Waals surface area contributed by atoms with Gasteiger partial charge in [-0.05, 0) is 24.4 Å². The number of nitrogens with zero attached hydrogens (tertiary/aromatic N) is 2. The van der Waals surface area contributed by atoms with Crippen LogP contribution in [0.3, 0.4) is 0 Å². The van der Waals surface area contributed by atoms with Crippen LogP contribution in [0.15, 0.2) is 35.7 Å². The van der Waals surface area contributed by atoms with E-state index in [2.05, 4.69) is 54.5 Å². The molecule has 106 valence electrons. The molecule has 1 aromatic carbocycles. The summed E-state index contributed by atoms with van der Waals surface area (Å²) in [6.45, 7) is 7.78. The average molecular weight is 286 g/mol. The molecule has 1 aliphatic heterocycles. The van der Waals surface area contributed by atoms with Gasteiger partial charge < -0.3 is 0 Å². The number of benzene rings is 1. The van der Waals surface area contributed by atoms with Crippen molar-refractivity contribution in [2.75, 3.05) is 13.1 Å². The molecule has 1 fully saturated rings. The molecule has 2 nitrogen and oxygen atoms in total. The van der Waals surface area contributed by atoms with Crippen molar-refractivity contribution in [3.8, 4) is 0 Å². The number of likely N-dealkylation sites (tertiary alicyclic amines) is 1. The highest BCUT2D eigenvalue weighted by Crippen LogP contribution is 2.28. The van der Waals surface area contributed by atoms with Gasteiger partial charge in [-0.25, -0.2) is 4.98 Å². The third-order valence-corrected chi connectivity index (χ3v) is 5.19. The van der Waals surface area contributed by atoms with Crippen LogP contribution in [-0.4, -0.2) is 23.0 Å². The zero-order valence-corrected chi connectivity index (χ0v) is 13.1. The van der Waals surface area contributed by atoms with E-state index in [0.29, 0.717) is 11.8 Å². The van der Waals surface area contributed by atoms with Crippen molar-refractivity contribution in [2.45, 2.75) is 38.6 Å². The lowest BCUT2D eigenvalue weighted by molar-refractivity contribution is 0.323. The van der Waals surface area contributed by atoms with E-state index in [4.69, 9.17) is 4.98 Å². The molecule has 20 heavy (non-hydrogen) atoms. The van der Waals surface area contributed by atoms with E-state index in [-0.39, 0.29) is 0 Å². The molecule has 1 aromatic heterocycles. The smallest absolute Gasteiger partial charge is 0.0954 e. The Balaban J connectivity index is 1.60. The minimum Gasteiger partial charge on any atom is -0.297 e. The van der Waals surface area contributed by atoms with Crippen molar-refractivity contribution in [1.82, 2.24) is 9.88 Å². The van der Waals surface area contributed by atoms with Gasteiger partial charge in [0.25, 0.3) is 0 Å². The van der Waals surface area contributed by atoms with Crippen LogP contribution in [0.1, 0.15) is 48.4 Å². The van der Waals surface area contributed by atoms with Crippen molar-refractivity contribution in [3.05, 3.63) is 52.0 Å². The molecule has 1 atom stereocenters. The number of rotatable bonds is 4. The van der Waals surface area contributed by atoms with Crippen LogP contribution in [0.2, 0.25) is 0 Å². The summed E-state index contributed by atoms with van der Waals surface area (Å²) in [4.78, 5) is 7.29. The van der Waals surface area contributed by atoms with Gasteiger partial charge in [0.15, 0.2) is 0 Å². The van der Waals surface area contributed by atoms with Gasteiger partial charge in [-0.15, -0.1) is 11.3 Å². The molecule has 0 aliphatic carbocycles. The first-order chi connectivity index (χ1) is 9.72. The van der Waals surface area contributed by atoms with Gasteiger partial charge in [-0.3, -0.25) is 4.90 Å². The van der Waals surface area contributed by atoms with Gasteiger partial charge in [0.1, 0.15) is 0 Å². The van der Waals surface area contributed by atoms with E-state index >= 15 is 0 Å². The first-order valence-electron chi connectivity index (χ1n) is 7.44. The molecule has 0 amide bonds. The molecule has 2 heterocycles. The Morgan fingerprint density at radius 1 is 1.30 bits per heavy atom. The fourth-order valence-corrected chi connectivity index (χ4v) is 3.69. The first kappa shape index (κ1) is 13.8. The van der Waals surface area contributed by atoms with Gasteiger partial charge in [0, 0.05) is 24.4 Å². The highest BCUT2D eigenvalue weighted by Gasteiger charge is 2.24. The zero-order chi connectivity index (χ0) is 13.9. The topological polar surface area (TPSA) is 16.1 Å². The summed E-state index contributed by atoms with van der Waals surface area (Å²) < 4.78 is 0. The molecule has 3 rings (SSSR count). The van der Waals surface area contributed by atoms with Crippen LogP contribution in [0.5, 0.6) is 0 Å². The lowest BCUT2D eigenvalue weighted by Gasteiger charge is -2.14. The number of thiazole rings is 1. The fraction of sp³-hybridized carbons (Fsp3) is 0.471. The fourth-order valence-electron chi connectivity index (χ4n) is 2.86. The summed E-state index contributed by atoms with van der Waals surface area (Å²) >= 11 is 1.80. The second-order valence-corrected chi connectivity index (χ2v) is 6.85. The van der Waals surface area contributed by atoms with E-state index in [1.807, 2.05) is 0 Å². The standard InChI is InChI=1S/C17H22N2S/c1-13(2)17-18-16(12-20-17)11-19-9-8-15(10-19)14-6-4-3-5-7-14/h3-7,12-13,15H,8-11H2,1-2H3/t15-/m0/s1. The first-order valence-corrected chi connectivity index (χ1v) is 8.32. The molecule has 2 aromatic rings. The van der Waals surface area contributed by atoms with Crippen LogP contribution >= 0.6 is 11.3 Å². The normalized spacial score (nSPS) is 19.9. The van der Waals surface area contributed by atoms with Crippen LogP contribution in [0.4, 0.5) is 0 Å². The van der Waals surface area contributed by atoms with Crippen molar-refractivity contribution in [1.29, 1.82) is 0 Å². The van der Waals surface area contributed by atoms with Crippen molar-refractivity contribution < 1.29 is 0 Å². The molecule has 0 unspecified atom stereocenters. The minimum absolute atomic E-state index is 0.546. The van der Waals surface area contributed by atoms with Gasteiger partial charge >= 0.3 is 0 Å². The number of hydrogen-bond acceptors (Lipinski definition) is 3.